The van der Waals surface area contributed by atoms with E-state index < -0.39 is 0 Å². The average molecular weight is 252 g/mol. The van der Waals surface area contributed by atoms with E-state index in [4.69, 9.17) is 4.74 Å². The average Bonchev–Trinajstić information content (AvgIpc) is 2.37. The largest absolute Gasteiger partial charge is 0.374 e. The van der Waals surface area contributed by atoms with E-state index in [0.29, 0.717) is 6.73 Å². The number of unbranched alkanes of at least 4 members (excludes halogenated alkanes) is 4. The first kappa shape index (κ1) is 16.8. The van der Waals surface area contributed by atoms with Gasteiger partial charge in [-0.2, -0.15) is 0 Å². The lowest BCUT2D eigenvalue weighted by Gasteiger charge is -2.13. The zero-order chi connectivity index (χ0) is 13.6. The zero-order valence-corrected chi connectivity index (χ0v) is 12.2. The van der Waals surface area contributed by atoms with Crippen molar-refractivity contribution in [3.05, 3.63) is 30.9 Å². The summed E-state index contributed by atoms with van der Waals surface area (Å²) in [4.78, 5) is 4.00. The Morgan fingerprint density at radius 1 is 1.17 bits per heavy atom. The number of hydrogen-bond donors (Lipinski definition) is 0. The molecular weight excluding hydrogens is 224 g/mol. The third kappa shape index (κ3) is 10.0. The smallest absolute Gasteiger partial charge is 0.122 e. The summed E-state index contributed by atoms with van der Waals surface area (Å²) in [5, 5.41) is 0. The van der Waals surface area contributed by atoms with Gasteiger partial charge in [0.05, 0.1) is 0 Å². The molecule has 0 aliphatic carbocycles. The van der Waals surface area contributed by atoms with Crippen LogP contribution in [0.4, 0.5) is 0 Å². The maximum absolute atomic E-state index is 5.01. The third-order valence-electron chi connectivity index (χ3n) is 2.66. The molecule has 0 N–H and O–H groups in total. The molecule has 0 spiro atoms. The van der Waals surface area contributed by atoms with Crippen LogP contribution in [0.2, 0.25) is 0 Å². The summed E-state index contributed by atoms with van der Waals surface area (Å²) in [7, 11) is 3.74. The third-order valence-corrected chi connectivity index (χ3v) is 2.66. The molecule has 0 unspecified atom stereocenters. The lowest BCUT2D eigenvalue weighted by molar-refractivity contribution is 0.124. The SMILES string of the molecule is C=CN(C=C=CN(C)CCCCCCC)COC. The van der Waals surface area contributed by atoms with Gasteiger partial charge in [-0.3, -0.25) is 0 Å². The Hall–Kier alpha value is -1.18. The lowest BCUT2D eigenvalue weighted by Crippen LogP contribution is -2.13. The Morgan fingerprint density at radius 3 is 2.50 bits per heavy atom. The molecule has 0 saturated heterocycles. The zero-order valence-electron chi connectivity index (χ0n) is 12.2. The highest BCUT2D eigenvalue weighted by Crippen LogP contribution is 2.03. The van der Waals surface area contributed by atoms with Gasteiger partial charge >= 0.3 is 0 Å². The summed E-state index contributed by atoms with van der Waals surface area (Å²) in [6, 6.07) is 0. The topological polar surface area (TPSA) is 15.7 Å². The molecule has 0 amide bonds. The summed E-state index contributed by atoms with van der Waals surface area (Å²) in [6.45, 7) is 7.54. The normalized spacial score (nSPS) is 9.50. The predicted octanol–water partition coefficient (Wildman–Crippen LogP) is 3.56. The number of hydrogen-bond acceptors (Lipinski definition) is 3. The van der Waals surface area contributed by atoms with Gasteiger partial charge < -0.3 is 14.5 Å². The summed E-state index contributed by atoms with van der Waals surface area (Å²) in [6.07, 6.45) is 12.1. The first-order chi connectivity index (χ1) is 8.74. The van der Waals surface area contributed by atoms with Gasteiger partial charge in [0.25, 0.3) is 0 Å². The highest BCUT2D eigenvalue weighted by molar-refractivity contribution is 4.87. The number of ether oxygens (including phenoxy) is 1. The van der Waals surface area contributed by atoms with Gasteiger partial charge in [-0.25, -0.2) is 0 Å². The van der Waals surface area contributed by atoms with E-state index in [1.165, 1.54) is 32.1 Å². The van der Waals surface area contributed by atoms with Gasteiger partial charge in [-0.1, -0.05) is 44.9 Å². The van der Waals surface area contributed by atoms with Crippen molar-refractivity contribution in [1.82, 2.24) is 9.80 Å². The molecule has 104 valence electrons. The molecule has 0 aliphatic rings. The second kappa shape index (κ2) is 12.3. The molecule has 3 nitrogen and oxygen atoms in total. The minimum atomic E-state index is 0.505. The number of methoxy groups -OCH3 is 1. The highest BCUT2D eigenvalue weighted by Gasteiger charge is 1.92. The predicted molar refractivity (Wildman–Crippen MR) is 78.0 cm³/mol. The fourth-order valence-corrected chi connectivity index (χ4v) is 1.58. The van der Waals surface area contributed by atoms with Crippen molar-refractivity contribution in [3.63, 3.8) is 0 Å². The van der Waals surface area contributed by atoms with E-state index >= 15 is 0 Å². The molecule has 0 saturated carbocycles. The molecular formula is C15H28N2O. The van der Waals surface area contributed by atoms with E-state index in [2.05, 4.69) is 31.2 Å². The Bertz CT molecular complexity index is 257. The molecule has 3 heteroatoms. The Balaban J connectivity index is 3.80. The lowest BCUT2D eigenvalue weighted by atomic mass is 10.1. The fraction of sp³-hybridized carbons (Fsp3) is 0.667. The van der Waals surface area contributed by atoms with Crippen molar-refractivity contribution in [3.8, 4) is 0 Å². The second-order valence-corrected chi connectivity index (χ2v) is 4.43. The van der Waals surface area contributed by atoms with E-state index in [-0.39, 0.29) is 0 Å². The van der Waals surface area contributed by atoms with Gasteiger partial charge in [0.2, 0.25) is 0 Å². The van der Waals surface area contributed by atoms with E-state index in [9.17, 15) is 0 Å². The van der Waals surface area contributed by atoms with Crippen molar-refractivity contribution >= 4 is 0 Å². The van der Waals surface area contributed by atoms with Crippen LogP contribution in [-0.2, 0) is 4.74 Å². The van der Waals surface area contributed by atoms with E-state index in [1.54, 1.807) is 13.3 Å². The minimum Gasteiger partial charge on any atom is -0.374 e. The van der Waals surface area contributed by atoms with Crippen molar-refractivity contribution < 1.29 is 4.74 Å². The number of nitrogens with zero attached hydrogens (tertiary/aromatic N) is 2. The minimum absolute atomic E-state index is 0.505. The fourth-order valence-electron chi connectivity index (χ4n) is 1.58. The molecule has 0 heterocycles. The number of rotatable bonds is 11. The van der Waals surface area contributed by atoms with Gasteiger partial charge in [0.1, 0.15) is 6.73 Å². The van der Waals surface area contributed by atoms with Crippen molar-refractivity contribution in [1.29, 1.82) is 0 Å². The Kier molecular flexibility index (Phi) is 11.5. The monoisotopic (exact) mass is 252 g/mol. The van der Waals surface area contributed by atoms with Crippen LogP contribution in [0, 0.1) is 0 Å². The Morgan fingerprint density at radius 2 is 1.89 bits per heavy atom. The molecule has 0 aromatic carbocycles. The molecule has 0 aliphatic heterocycles. The van der Waals surface area contributed by atoms with Crippen LogP contribution < -0.4 is 0 Å². The molecule has 0 aromatic rings. The molecule has 0 bridgehead atoms. The van der Waals surface area contributed by atoms with Crippen molar-refractivity contribution in [2.45, 2.75) is 39.0 Å². The molecule has 0 atom stereocenters. The first-order valence-corrected chi connectivity index (χ1v) is 6.74. The van der Waals surface area contributed by atoms with Crippen LogP contribution in [0.1, 0.15) is 39.0 Å². The van der Waals surface area contributed by atoms with Gasteiger partial charge in [0.15, 0.2) is 0 Å². The van der Waals surface area contributed by atoms with Gasteiger partial charge in [0, 0.05) is 33.1 Å². The first-order valence-electron chi connectivity index (χ1n) is 6.74. The maximum Gasteiger partial charge on any atom is 0.122 e. The maximum atomic E-state index is 5.01. The van der Waals surface area contributed by atoms with E-state index in [0.717, 1.165) is 6.54 Å². The summed E-state index contributed by atoms with van der Waals surface area (Å²) >= 11 is 0. The summed E-state index contributed by atoms with van der Waals surface area (Å²) < 4.78 is 5.01. The van der Waals surface area contributed by atoms with Crippen LogP contribution in [0.25, 0.3) is 0 Å². The highest BCUT2D eigenvalue weighted by atomic mass is 16.5. The summed E-state index contributed by atoms with van der Waals surface area (Å²) in [5.74, 6) is 0. The van der Waals surface area contributed by atoms with Crippen LogP contribution in [0.15, 0.2) is 30.9 Å². The molecule has 0 radical (unpaired) electrons. The van der Waals surface area contributed by atoms with E-state index in [1.807, 2.05) is 17.3 Å². The standard InChI is InChI=1S/C15H28N2O/c1-5-7-8-9-10-12-16(3)13-11-14-17(6-2)15-18-4/h6,13-14H,2,5,7-10,12,15H2,1,3-4H3. The van der Waals surface area contributed by atoms with Crippen LogP contribution in [-0.4, -0.2) is 37.2 Å². The molecule has 0 rings (SSSR count). The quantitative estimate of drug-likeness (QED) is 0.318. The molecule has 0 fully saturated rings. The molecule has 18 heavy (non-hydrogen) atoms. The van der Waals surface area contributed by atoms with Gasteiger partial charge in [-0.15, -0.1) is 0 Å². The second-order valence-electron chi connectivity index (χ2n) is 4.43. The molecule has 0 aromatic heterocycles. The summed E-state index contributed by atoms with van der Waals surface area (Å²) in [5.41, 5.74) is 3.12. The van der Waals surface area contributed by atoms with Crippen LogP contribution in [0.3, 0.4) is 0 Å². The van der Waals surface area contributed by atoms with Crippen LogP contribution >= 0.6 is 0 Å². The van der Waals surface area contributed by atoms with Crippen molar-refractivity contribution in [2.75, 3.05) is 27.4 Å². The Labute approximate surface area is 112 Å². The van der Waals surface area contributed by atoms with Crippen LogP contribution in [0.5, 0.6) is 0 Å². The van der Waals surface area contributed by atoms with Gasteiger partial charge in [-0.05, 0) is 12.6 Å². The van der Waals surface area contributed by atoms with Crippen molar-refractivity contribution in [2.24, 2.45) is 0 Å².